The Kier molecular flexibility index (Phi) is 67.4. The highest BCUT2D eigenvalue weighted by Gasteiger charge is 1.42. The SMILES string of the molecule is C.C=C.C=C/C=C\C. The van der Waals surface area contributed by atoms with E-state index in [1.807, 2.05) is 19.1 Å². The van der Waals surface area contributed by atoms with Gasteiger partial charge in [0, 0.05) is 0 Å². The Balaban J connectivity index is -0.0000000750. The average molecular weight is 112 g/mol. The van der Waals surface area contributed by atoms with Gasteiger partial charge in [0.15, 0.2) is 0 Å². The Morgan fingerprint density at radius 2 is 1.62 bits per heavy atom. The summed E-state index contributed by atoms with van der Waals surface area (Å²) in [4.78, 5) is 0. The molecule has 0 heterocycles. The second-order valence-electron chi connectivity index (χ2n) is 0.761. The number of allylic oxidation sites excluding steroid dienone is 3. The Morgan fingerprint density at radius 1 is 1.25 bits per heavy atom. The minimum absolute atomic E-state index is 0. The standard InChI is InChI=1S/C5H8.C2H4.CH4/c1-3-5-4-2;1-2;/h3-5H,1H2,2H3;1-2H2;1H4/b5-4-;;. The molecule has 0 heteroatoms. The molecule has 0 aliphatic rings. The molecule has 0 aliphatic carbocycles. The molecule has 8 heavy (non-hydrogen) atoms. The quantitative estimate of drug-likeness (QED) is 0.361. The zero-order valence-electron chi connectivity index (χ0n) is 4.85. The van der Waals surface area contributed by atoms with Gasteiger partial charge in [-0.3, -0.25) is 0 Å². The van der Waals surface area contributed by atoms with Gasteiger partial charge in [0.2, 0.25) is 0 Å². The topological polar surface area (TPSA) is 0 Å². The molecule has 0 saturated heterocycles. The summed E-state index contributed by atoms with van der Waals surface area (Å²) in [6, 6.07) is 0. The van der Waals surface area contributed by atoms with Gasteiger partial charge in [0.25, 0.3) is 0 Å². The molecule has 0 aliphatic heterocycles. The molecule has 0 N–H and O–H groups in total. The first-order chi connectivity index (χ1) is 3.41. The molecule has 0 aromatic carbocycles. The van der Waals surface area contributed by atoms with E-state index >= 15 is 0 Å². The van der Waals surface area contributed by atoms with Crippen LogP contribution in [0, 0.1) is 0 Å². The first kappa shape index (κ1) is 15.7. The second kappa shape index (κ2) is 34.4. The maximum atomic E-state index is 3.46. The molecule has 48 valence electrons. The lowest BCUT2D eigenvalue weighted by Crippen LogP contribution is -1.33. The summed E-state index contributed by atoms with van der Waals surface area (Å²) in [5, 5.41) is 0. The molecule has 0 saturated carbocycles. The molecule has 0 aromatic heterocycles. The summed E-state index contributed by atoms with van der Waals surface area (Å²) in [6.45, 7) is 11.4. The molecule has 0 aromatic rings. The molecule has 0 bridgehead atoms. The number of rotatable bonds is 1. The van der Waals surface area contributed by atoms with Crippen molar-refractivity contribution in [2.75, 3.05) is 0 Å². The van der Waals surface area contributed by atoms with Crippen molar-refractivity contribution in [1.82, 2.24) is 0 Å². The predicted octanol–water partition coefficient (Wildman–Crippen LogP) is 3.19. The van der Waals surface area contributed by atoms with Crippen LogP contribution in [0.3, 0.4) is 0 Å². The van der Waals surface area contributed by atoms with Crippen LogP contribution in [0.25, 0.3) is 0 Å². The third-order valence-electron chi connectivity index (χ3n) is 0.329. The minimum Gasteiger partial charge on any atom is -0.106 e. The Bertz CT molecular complexity index is 51.1. The van der Waals surface area contributed by atoms with Crippen molar-refractivity contribution < 1.29 is 0 Å². The van der Waals surface area contributed by atoms with Gasteiger partial charge in [-0.05, 0) is 6.92 Å². The molecular weight excluding hydrogens is 96.1 g/mol. The van der Waals surface area contributed by atoms with E-state index in [9.17, 15) is 0 Å². The van der Waals surface area contributed by atoms with Crippen LogP contribution in [-0.4, -0.2) is 0 Å². The molecule has 0 atom stereocenters. The van der Waals surface area contributed by atoms with Crippen molar-refractivity contribution in [2.45, 2.75) is 14.4 Å². The van der Waals surface area contributed by atoms with Crippen LogP contribution >= 0.6 is 0 Å². The molecule has 0 unspecified atom stereocenters. The highest BCUT2D eigenvalue weighted by Crippen LogP contribution is 1.64. The fourth-order valence-corrected chi connectivity index (χ4v) is 0.136. The fourth-order valence-electron chi connectivity index (χ4n) is 0.136. The Morgan fingerprint density at radius 3 is 1.62 bits per heavy atom. The largest absolute Gasteiger partial charge is 0.106 e. The maximum absolute atomic E-state index is 3.46. The summed E-state index contributed by atoms with van der Waals surface area (Å²) in [5.74, 6) is 0. The lowest BCUT2D eigenvalue weighted by atomic mass is 10.5. The van der Waals surface area contributed by atoms with Crippen molar-refractivity contribution >= 4 is 0 Å². The summed E-state index contributed by atoms with van der Waals surface area (Å²) < 4.78 is 0. The smallest absolute Gasteiger partial charge is 0.0467 e. The van der Waals surface area contributed by atoms with E-state index < -0.39 is 0 Å². The van der Waals surface area contributed by atoms with E-state index in [1.165, 1.54) is 0 Å². The van der Waals surface area contributed by atoms with E-state index in [-0.39, 0.29) is 7.43 Å². The second-order valence-corrected chi connectivity index (χ2v) is 0.761. The van der Waals surface area contributed by atoms with Gasteiger partial charge in [-0.1, -0.05) is 32.2 Å². The van der Waals surface area contributed by atoms with Gasteiger partial charge in [0.05, 0.1) is 0 Å². The maximum Gasteiger partial charge on any atom is -0.0467 e. The van der Waals surface area contributed by atoms with Gasteiger partial charge in [0.1, 0.15) is 0 Å². The van der Waals surface area contributed by atoms with Crippen molar-refractivity contribution in [3.63, 3.8) is 0 Å². The Hall–Kier alpha value is -0.780. The third kappa shape index (κ3) is 62.5. The Labute approximate surface area is 53.2 Å². The average Bonchev–Trinajstić information content (AvgIpc) is 1.75. The lowest BCUT2D eigenvalue weighted by molar-refractivity contribution is 1.74. The first-order valence-corrected chi connectivity index (χ1v) is 2.15. The number of hydrogen-bond donors (Lipinski definition) is 0. The summed E-state index contributed by atoms with van der Waals surface area (Å²) >= 11 is 0. The predicted molar refractivity (Wildman–Crippen MR) is 43.0 cm³/mol. The number of hydrogen-bond acceptors (Lipinski definition) is 0. The monoisotopic (exact) mass is 112 g/mol. The van der Waals surface area contributed by atoms with Crippen LogP contribution in [0.15, 0.2) is 38.0 Å². The van der Waals surface area contributed by atoms with E-state index in [4.69, 9.17) is 0 Å². The van der Waals surface area contributed by atoms with Crippen LogP contribution in [-0.2, 0) is 0 Å². The van der Waals surface area contributed by atoms with Crippen LogP contribution < -0.4 is 0 Å². The third-order valence-corrected chi connectivity index (χ3v) is 0.329. The van der Waals surface area contributed by atoms with Gasteiger partial charge in [-0.15, -0.1) is 13.2 Å². The van der Waals surface area contributed by atoms with Crippen LogP contribution in [0.5, 0.6) is 0 Å². The van der Waals surface area contributed by atoms with Crippen LogP contribution in [0.4, 0.5) is 0 Å². The highest BCUT2D eigenvalue weighted by molar-refractivity contribution is 4.94. The van der Waals surface area contributed by atoms with E-state index in [0.29, 0.717) is 0 Å². The van der Waals surface area contributed by atoms with E-state index in [2.05, 4.69) is 19.7 Å². The van der Waals surface area contributed by atoms with Gasteiger partial charge in [-0.25, -0.2) is 0 Å². The molecule has 0 nitrogen and oxygen atoms in total. The normalized spacial score (nSPS) is 6.12. The first-order valence-electron chi connectivity index (χ1n) is 2.15. The molecule has 0 radical (unpaired) electrons. The molecule has 0 rings (SSSR count). The van der Waals surface area contributed by atoms with E-state index in [1.54, 1.807) is 6.08 Å². The van der Waals surface area contributed by atoms with Crippen LogP contribution in [0.2, 0.25) is 0 Å². The fraction of sp³-hybridized carbons (Fsp3) is 0.250. The summed E-state index contributed by atoms with van der Waals surface area (Å²) in [5.41, 5.74) is 0. The molecule has 0 fully saturated rings. The highest BCUT2D eigenvalue weighted by atomic mass is 13.5. The van der Waals surface area contributed by atoms with E-state index in [0.717, 1.165) is 0 Å². The van der Waals surface area contributed by atoms with Gasteiger partial charge < -0.3 is 0 Å². The van der Waals surface area contributed by atoms with Crippen molar-refractivity contribution in [1.29, 1.82) is 0 Å². The van der Waals surface area contributed by atoms with Crippen molar-refractivity contribution in [3.05, 3.63) is 38.0 Å². The lowest BCUT2D eigenvalue weighted by Gasteiger charge is -1.56. The van der Waals surface area contributed by atoms with Crippen molar-refractivity contribution in [3.8, 4) is 0 Å². The van der Waals surface area contributed by atoms with Crippen molar-refractivity contribution in [2.24, 2.45) is 0 Å². The molecule has 0 spiro atoms. The molecular formula is C8H16. The van der Waals surface area contributed by atoms with Gasteiger partial charge >= 0.3 is 0 Å². The zero-order chi connectivity index (χ0) is 6.12. The van der Waals surface area contributed by atoms with Gasteiger partial charge in [-0.2, -0.15) is 0 Å². The summed E-state index contributed by atoms with van der Waals surface area (Å²) in [7, 11) is 0. The minimum atomic E-state index is 0. The molecule has 0 amide bonds. The van der Waals surface area contributed by atoms with Crippen LogP contribution in [0.1, 0.15) is 14.4 Å². The zero-order valence-corrected chi connectivity index (χ0v) is 4.85. The summed E-state index contributed by atoms with van der Waals surface area (Å²) in [6.07, 6.45) is 5.58.